The number of aliphatic hydroxyl groups excluding tert-OH is 1. The molecular weight excluding hydrogens is 220 g/mol. The van der Waals surface area contributed by atoms with E-state index in [0.717, 1.165) is 0 Å². The van der Waals surface area contributed by atoms with E-state index in [4.69, 9.17) is 11.5 Å². The van der Waals surface area contributed by atoms with Gasteiger partial charge in [-0.25, -0.2) is 0 Å². The van der Waals surface area contributed by atoms with Gasteiger partial charge in [0.25, 0.3) is 5.91 Å². The van der Waals surface area contributed by atoms with Gasteiger partial charge in [-0.1, -0.05) is 6.07 Å². The van der Waals surface area contributed by atoms with E-state index in [1.165, 1.54) is 18.2 Å². The summed E-state index contributed by atoms with van der Waals surface area (Å²) in [6.07, 6.45) is -0.853. The molecule has 15 heavy (non-hydrogen) atoms. The Labute approximate surface area is 93.1 Å². The number of carbonyl (C=O) groups excluding carboxylic acids is 1. The van der Waals surface area contributed by atoms with Crippen molar-refractivity contribution in [1.82, 2.24) is 0 Å². The third kappa shape index (κ3) is 3.09. The molecule has 1 aromatic carbocycles. The van der Waals surface area contributed by atoms with Gasteiger partial charge in [0.2, 0.25) is 0 Å². The van der Waals surface area contributed by atoms with E-state index in [9.17, 15) is 15.0 Å². The molecule has 84 valence electrons. The summed E-state index contributed by atoms with van der Waals surface area (Å²) in [6, 6.07) is 4.11. The SMILES string of the molecule is Cl.NCC(O)c1ccc(O)c(C(N)=O)c1. The Bertz CT molecular complexity index is 357. The highest BCUT2D eigenvalue weighted by atomic mass is 35.5. The van der Waals surface area contributed by atoms with Crippen molar-refractivity contribution in [1.29, 1.82) is 0 Å². The Morgan fingerprint density at radius 2 is 2.07 bits per heavy atom. The van der Waals surface area contributed by atoms with Gasteiger partial charge in [0, 0.05) is 6.54 Å². The first kappa shape index (κ1) is 13.7. The molecule has 1 amide bonds. The number of benzene rings is 1. The van der Waals surface area contributed by atoms with Crippen LogP contribution >= 0.6 is 12.4 Å². The summed E-state index contributed by atoms with van der Waals surface area (Å²) in [5.74, 6) is -0.945. The van der Waals surface area contributed by atoms with Gasteiger partial charge in [0.15, 0.2) is 0 Å². The Morgan fingerprint density at radius 3 is 2.53 bits per heavy atom. The molecule has 0 saturated carbocycles. The van der Waals surface area contributed by atoms with Gasteiger partial charge in [-0.15, -0.1) is 12.4 Å². The molecule has 0 spiro atoms. The van der Waals surface area contributed by atoms with Crippen LogP contribution in [-0.2, 0) is 0 Å². The first-order chi connectivity index (χ1) is 6.56. The molecule has 0 heterocycles. The van der Waals surface area contributed by atoms with Crippen LogP contribution in [0.25, 0.3) is 0 Å². The zero-order chi connectivity index (χ0) is 10.7. The van der Waals surface area contributed by atoms with Crippen molar-refractivity contribution in [3.63, 3.8) is 0 Å². The van der Waals surface area contributed by atoms with Crippen molar-refractivity contribution in [3.8, 4) is 5.75 Å². The van der Waals surface area contributed by atoms with Crippen LogP contribution in [0.15, 0.2) is 18.2 Å². The number of hydrogen-bond acceptors (Lipinski definition) is 4. The molecule has 0 bridgehead atoms. The standard InChI is InChI=1S/C9H12N2O3.ClH/c10-4-8(13)5-1-2-7(12)6(3-5)9(11)14;/h1-3,8,12-13H,4,10H2,(H2,11,14);1H. The average Bonchev–Trinajstić information content (AvgIpc) is 2.17. The summed E-state index contributed by atoms with van der Waals surface area (Å²) < 4.78 is 0. The summed E-state index contributed by atoms with van der Waals surface area (Å²) >= 11 is 0. The van der Waals surface area contributed by atoms with E-state index in [1.54, 1.807) is 0 Å². The first-order valence-corrected chi connectivity index (χ1v) is 4.07. The van der Waals surface area contributed by atoms with E-state index >= 15 is 0 Å². The highest BCUT2D eigenvalue weighted by Gasteiger charge is 2.11. The number of rotatable bonds is 3. The normalized spacial score (nSPS) is 11.6. The van der Waals surface area contributed by atoms with Crippen LogP contribution in [-0.4, -0.2) is 22.7 Å². The third-order valence-electron chi connectivity index (χ3n) is 1.89. The average molecular weight is 233 g/mol. The molecule has 6 heteroatoms. The summed E-state index contributed by atoms with van der Waals surface area (Å²) in [5.41, 5.74) is 10.7. The smallest absolute Gasteiger partial charge is 0.252 e. The Kier molecular flexibility index (Phi) is 5.07. The van der Waals surface area contributed by atoms with E-state index in [1.807, 2.05) is 0 Å². The molecule has 1 atom stereocenters. The molecular formula is C9H13ClN2O3. The van der Waals surface area contributed by atoms with Gasteiger partial charge in [-0.3, -0.25) is 4.79 Å². The molecule has 1 aromatic rings. The molecule has 0 aromatic heterocycles. The van der Waals surface area contributed by atoms with Crippen molar-refractivity contribution in [3.05, 3.63) is 29.3 Å². The fourth-order valence-corrected chi connectivity index (χ4v) is 1.09. The van der Waals surface area contributed by atoms with Crippen LogP contribution in [0.4, 0.5) is 0 Å². The second-order valence-corrected chi connectivity index (χ2v) is 2.89. The van der Waals surface area contributed by atoms with Crippen LogP contribution in [0.5, 0.6) is 5.75 Å². The van der Waals surface area contributed by atoms with Crippen LogP contribution in [0.3, 0.4) is 0 Å². The van der Waals surface area contributed by atoms with Crippen molar-refractivity contribution in [2.45, 2.75) is 6.10 Å². The highest BCUT2D eigenvalue weighted by Crippen LogP contribution is 2.21. The number of nitrogens with two attached hydrogens (primary N) is 2. The van der Waals surface area contributed by atoms with E-state index < -0.39 is 12.0 Å². The van der Waals surface area contributed by atoms with Crippen LogP contribution in [0.2, 0.25) is 0 Å². The maximum absolute atomic E-state index is 10.8. The first-order valence-electron chi connectivity index (χ1n) is 4.07. The topological polar surface area (TPSA) is 110 Å². The molecule has 0 radical (unpaired) electrons. The van der Waals surface area contributed by atoms with E-state index in [0.29, 0.717) is 5.56 Å². The lowest BCUT2D eigenvalue weighted by atomic mass is 10.0. The van der Waals surface area contributed by atoms with Gasteiger partial charge in [0.05, 0.1) is 11.7 Å². The monoisotopic (exact) mass is 232 g/mol. The minimum Gasteiger partial charge on any atom is -0.507 e. The van der Waals surface area contributed by atoms with Crippen molar-refractivity contribution in [2.24, 2.45) is 11.5 Å². The molecule has 6 N–H and O–H groups in total. The Morgan fingerprint density at radius 1 is 1.47 bits per heavy atom. The molecule has 0 saturated heterocycles. The van der Waals surface area contributed by atoms with Gasteiger partial charge in [0.1, 0.15) is 5.75 Å². The third-order valence-corrected chi connectivity index (χ3v) is 1.89. The fourth-order valence-electron chi connectivity index (χ4n) is 1.09. The van der Waals surface area contributed by atoms with Crippen molar-refractivity contribution in [2.75, 3.05) is 6.54 Å². The number of aliphatic hydroxyl groups is 1. The zero-order valence-corrected chi connectivity index (χ0v) is 8.70. The quantitative estimate of drug-likeness (QED) is 0.584. The number of hydrogen-bond donors (Lipinski definition) is 4. The van der Waals surface area contributed by atoms with E-state index in [-0.39, 0.29) is 30.3 Å². The van der Waals surface area contributed by atoms with Crippen LogP contribution in [0, 0.1) is 0 Å². The number of phenols is 1. The molecule has 0 fully saturated rings. The van der Waals surface area contributed by atoms with Gasteiger partial charge in [-0.2, -0.15) is 0 Å². The summed E-state index contributed by atoms with van der Waals surface area (Å²) in [4.78, 5) is 10.8. The molecule has 0 aliphatic rings. The molecule has 5 nitrogen and oxygen atoms in total. The number of carbonyl (C=O) groups is 1. The number of aromatic hydroxyl groups is 1. The lowest BCUT2D eigenvalue weighted by Gasteiger charge is -2.09. The van der Waals surface area contributed by atoms with Crippen LogP contribution in [0.1, 0.15) is 22.0 Å². The zero-order valence-electron chi connectivity index (χ0n) is 7.88. The number of amides is 1. The van der Waals surface area contributed by atoms with E-state index in [2.05, 4.69) is 0 Å². The minimum atomic E-state index is -0.853. The number of halogens is 1. The Balaban J connectivity index is 0.00000196. The predicted octanol–water partition coefficient (Wildman–Crippen LogP) is -0.0950. The molecule has 0 aliphatic carbocycles. The lowest BCUT2D eigenvalue weighted by Crippen LogP contribution is -2.15. The second kappa shape index (κ2) is 5.55. The highest BCUT2D eigenvalue weighted by molar-refractivity contribution is 5.95. The molecule has 1 rings (SSSR count). The minimum absolute atomic E-state index is 0. The van der Waals surface area contributed by atoms with Crippen molar-refractivity contribution >= 4 is 18.3 Å². The maximum atomic E-state index is 10.8. The van der Waals surface area contributed by atoms with Gasteiger partial charge >= 0.3 is 0 Å². The fraction of sp³-hybridized carbons (Fsp3) is 0.222. The van der Waals surface area contributed by atoms with Crippen LogP contribution < -0.4 is 11.5 Å². The van der Waals surface area contributed by atoms with Gasteiger partial charge < -0.3 is 21.7 Å². The second-order valence-electron chi connectivity index (χ2n) is 2.89. The summed E-state index contributed by atoms with van der Waals surface area (Å²) in [6.45, 7) is 0.0446. The summed E-state index contributed by atoms with van der Waals surface area (Å²) in [7, 11) is 0. The Hall–Kier alpha value is -1.30. The largest absolute Gasteiger partial charge is 0.507 e. The summed E-state index contributed by atoms with van der Waals surface area (Å²) in [5, 5.41) is 18.6. The predicted molar refractivity (Wildman–Crippen MR) is 57.9 cm³/mol. The lowest BCUT2D eigenvalue weighted by molar-refractivity contribution is 0.0997. The number of primary amides is 1. The molecule has 0 aliphatic heterocycles. The molecule has 1 unspecified atom stereocenters. The van der Waals surface area contributed by atoms with Gasteiger partial charge in [-0.05, 0) is 17.7 Å². The van der Waals surface area contributed by atoms with Crippen molar-refractivity contribution < 1.29 is 15.0 Å². The maximum Gasteiger partial charge on any atom is 0.252 e.